The lowest BCUT2D eigenvalue weighted by molar-refractivity contribution is 0.0679. The van der Waals surface area contributed by atoms with E-state index in [0.717, 1.165) is 82.7 Å². The molecule has 2 saturated heterocycles. The van der Waals surface area contributed by atoms with Crippen molar-refractivity contribution in [2.45, 2.75) is 72.1 Å². The fourth-order valence-electron chi connectivity index (χ4n) is 7.89. The zero-order valence-electron chi connectivity index (χ0n) is 30.3. The van der Waals surface area contributed by atoms with Crippen LogP contribution < -0.4 is 5.32 Å². The quantitative estimate of drug-likeness (QED) is 0.162. The van der Waals surface area contributed by atoms with Gasteiger partial charge in [-0.2, -0.15) is 5.26 Å². The summed E-state index contributed by atoms with van der Waals surface area (Å²) in [5.41, 5.74) is 10.8. The molecule has 0 unspecified atom stereocenters. The zero-order valence-corrected chi connectivity index (χ0v) is 30.3. The number of aliphatic hydroxyl groups is 1. The minimum Gasteiger partial charge on any atom is -0.435 e. The van der Waals surface area contributed by atoms with Gasteiger partial charge in [-0.15, -0.1) is 0 Å². The number of hydrogen-bond acceptors (Lipinski definition) is 10. The standard InChI is InChI=1S/C42H44N8O2/c1-26-32(10-8-12-34(26)41-48-37-19-29(18-31(21-43)39(37)52-41)23-49-15-6-5-7-16-49)33-11-9-13-35(27(33)2)47-40-38-36(45-28(3)46-40)20-30(22-44-38)24-50-17-14-42(4,51)25-50/h8-13,18-20,22,51H,5-7,14-17,23-25H2,1-4H3,(H,45,46,47)/t42-/m1/s1. The van der Waals surface area contributed by atoms with Crippen molar-refractivity contribution < 1.29 is 9.52 Å². The van der Waals surface area contributed by atoms with Crippen LogP contribution in [-0.4, -0.2) is 66.6 Å². The summed E-state index contributed by atoms with van der Waals surface area (Å²) in [6, 6.07) is 20.9. The number of nitrogens with one attached hydrogen (secondary N) is 1. The Morgan fingerprint density at radius 3 is 2.35 bits per heavy atom. The number of anilines is 2. The number of β-amino-alcohol motifs (C(OH)–C–C–N with tert-alkyl or cyclic N) is 1. The molecular weight excluding hydrogens is 649 g/mol. The summed E-state index contributed by atoms with van der Waals surface area (Å²) in [5, 5.41) is 24.0. The lowest BCUT2D eigenvalue weighted by Gasteiger charge is -2.26. The number of hydrogen-bond donors (Lipinski definition) is 2. The number of benzene rings is 3. The van der Waals surface area contributed by atoms with Crippen LogP contribution in [0.4, 0.5) is 11.5 Å². The molecule has 2 aliphatic rings. The molecule has 0 spiro atoms. The van der Waals surface area contributed by atoms with Crippen molar-refractivity contribution in [3.05, 3.63) is 94.4 Å². The van der Waals surface area contributed by atoms with E-state index in [2.05, 4.69) is 65.4 Å². The van der Waals surface area contributed by atoms with Gasteiger partial charge in [0.1, 0.15) is 22.9 Å². The maximum atomic E-state index is 10.4. The highest BCUT2D eigenvalue weighted by molar-refractivity contribution is 5.89. The first-order valence-corrected chi connectivity index (χ1v) is 18.2. The molecular formula is C42H44N8O2. The van der Waals surface area contributed by atoms with E-state index in [4.69, 9.17) is 24.4 Å². The van der Waals surface area contributed by atoms with Crippen molar-refractivity contribution >= 4 is 33.6 Å². The molecule has 6 aromatic rings. The first-order chi connectivity index (χ1) is 25.1. The molecule has 2 N–H and O–H groups in total. The molecule has 1 atom stereocenters. The van der Waals surface area contributed by atoms with Gasteiger partial charge in [0.25, 0.3) is 0 Å². The third-order valence-corrected chi connectivity index (χ3v) is 10.6. The van der Waals surface area contributed by atoms with E-state index in [1.54, 1.807) is 0 Å². The number of aryl methyl sites for hydroxylation is 1. The van der Waals surface area contributed by atoms with E-state index >= 15 is 0 Å². The normalized spacial score (nSPS) is 18.3. The molecule has 10 nitrogen and oxygen atoms in total. The highest BCUT2D eigenvalue weighted by atomic mass is 16.3. The first-order valence-electron chi connectivity index (χ1n) is 18.2. The lowest BCUT2D eigenvalue weighted by atomic mass is 9.93. The summed E-state index contributed by atoms with van der Waals surface area (Å²) in [6.07, 6.45) is 6.38. The van der Waals surface area contributed by atoms with Gasteiger partial charge >= 0.3 is 0 Å². The molecule has 0 bridgehead atoms. The minimum absolute atomic E-state index is 0.511. The summed E-state index contributed by atoms with van der Waals surface area (Å²) in [7, 11) is 0. The average Bonchev–Trinajstić information content (AvgIpc) is 3.71. The number of pyridine rings is 1. The molecule has 5 heterocycles. The largest absolute Gasteiger partial charge is 0.435 e. The molecule has 3 aromatic carbocycles. The van der Waals surface area contributed by atoms with Gasteiger partial charge in [0.05, 0.1) is 16.7 Å². The number of aromatic nitrogens is 4. The molecule has 264 valence electrons. The van der Waals surface area contributed by atoms with E-state index in [9.17, 15) is 10.4 Å². The van der Waals surface area contributed by atoms with Gasteiger partial charge in [0, 0.05) is 43.6 Å². The van der Waals surface area contributed by atoms with Crippen LogP contribution in [0.1, 0.15) is 66.2 Å². The third kappa shape index (κ3) is 6.75. The SMILES string of the molecule is Cc1nc(Nc2cccc(-c3cccc(-c4nc5cc(CN6CCCCC6)cc(C#N)c5o4)c3C)c2C)c2ncc(CN3CC[C@@](C)(O)C3)cc2n1. The Labute approximate surface area is 304 Å². The van der Waals surface area contributed by atoms with Crippen molar-refractivity contribution in [1.29, 1.82) is 5.26 Å². The summed E-state index contributed by atoms with van der Waals surface area (Å²) < 4.78 is 6.34. The maximum absolute atomic E-state index is 10.4. The monoisotopic (exact) mass is 692 g/mol. The summed E-state index contributed by atoms with van der Waals surface area (Å²) in [6.45, 7) is 13.2. The maximum Gasteiger partial charge on any atom is 0.227 e. The van der Waals surface area contributed by atoms with Crippen LogP contribution in [0.3, 0.4) is 0 Å². The van der Waals surface area contributed by atoms with Crippen LogP contribution in [0.2, 0.25) is 0 Å². The second kappa shape index (κ2) is 13.7. The summed E-state index contributed by atoms with van der Waals surface area (Å²) in [5.74, 6) is 1.83. The Bertz CT molecular complexity index is 2350. The highest BCUT2D eigenvalue weighted by Crippen LogP contribution is 2.38. The summed E-state index contributed by atoms with van der Waals surface area (Å²) in [4.78, 5) is 23.9. The third-order valence-electron chi connectivity index (χ3n) is 10.6. The average molecular weight is 693 g/mol. The highest BCUT2D eigenvalue weighted by Gasteiger charge is 2.31. The van der Waals surface area contributed by atoms with Crippen LogP contribution in [-0.2, 0) is 13.1 Å². The Morgan fingerprint density at radius 1 is 0.846 bits per heavy atom. The van der Waals surface area contributed by atoms with Crippen LogP contribution in [0, 0.1) is 32.1 Å². The van der Waals surface area contributed by atoms with Crippen molar-refractivity contribution in [3.8, 4) is 28.7 Å². The topological polar surface area (TPSA) is 127 Å². The molecule has 3 aromatic heterocycles. The predicted octanol–water partition coefficient (Wildman–Crippen LogP) is 7.98. The Morgan fingerprint density at radius 2 is 1.58 bits per heavy atom. The van der Waals surface area contributed by atoms with Gasteiger partial charge in [-0.3, -0.25) is 14.8 Å². The van der Waals surface area contributed by atoms with E-state index in [1.807, 2.05) is 44.3 Å². The second-order valence-corrected chi connectivity index (χ2v) is 14.8. The number of likely N-dealkylation sites (tertiary alicyclic amines) is 2. The van der Waals surface area contributed by atoms with Gasteiger partial charge in [-0.05, 0) is 124 Å². The number of oxazole rings is 1. The molecule has 0 aliphatic carbocycles. The van der Waals surface area contributed by atoms with Crippen molar-refractivity contribution in [3.63, 3.8) is 0 Å². The van der Waals surface area contributed by atoms with E-state index < -0.39 is 5.60 Å². The number of rotatable bonds is 8. The van der Waals surface area contributed by atoms with Crippen LogP contribution in [0.5, 0.6) is 0 Å². The fourth-order valence-corrected chi connectivity index (χ4v) is 7.89. The minimum atomic E-state index is -0.643. The number of fused-ring (bicyclic) bond motifs is 2. The van der Waals surface area contributed by atoms with Gasteiger partial charge in [-0.1, -0.05) is 30.7 Å². The second-order valence-electron chi connectivity index (χ2n) is 14.8. The fraction of sp³-hybridized carbons (Fsp3) is 0.357. The summed E-state index contributed by atoms with van der Waals surface area (Å²) >= 11 is 0. The Hall–Kier alpha value is -5.21. The molecule has 2 fully saturated rings. The molecule has 8 rings (SSSR count). The van der Waals surface area contributed by atoms with Crippen LogP contribution in [0.15, 0.2) is 65.2 Å². The van der Waals surface area contributed by atoms with Gasteiger partial charge in [0.15, 0.2) is 11.4 Å². The Balaban J connectivity index is 1.09. The molecule has 0 radical (unpaired) electrons. The molecule has 0 saturated carbocycles. The number of piperidine rings is 1. The van der Waals surface area contributed by atoms with Gasteiger partial charge in [-0.25, -0.2) is 15.0 Å². The van der Waals surface area contributed by atoms with E-state index in [-0.39, 0.29) is 0 Å². The van der Waals surface area contributed by atoms with Crippen molar-refractivity contribution in [2.75, 3.05) is 31.5 Å². The van der Waals surface area contributed by atoms with Gasteiger partial charge in [0.2, 0.25) is 5.89 Å². The van der Waals surface area contributed by atoms with E-state index in [0.29, 0.717) is 52.8 Å². The molecule has 0 amide bonds. The number of nitrogens with zero attached hydrogens (tertiary/aromatic N) is 7. The number of nitriles is 1. The van der Waals surface area contributed by atoms with E-state index in [1.165, 1.54) is 19.3 Å². The molecule has 2 aliphatic heterocycles. The van der Waals surface area contributed by atoms with Gasteiger partial charge < -0.3 is 14.8 Å². The van der Waals surface area contributed by atoms with Crippen molar-refractivity contribution in [1.82, 2.24) is 29.7 Å². The lowest BCUT2D eigenvalue weighted by Crippen LogP contribution is -2.29. The van der Waals surface area contributed by atoms with Crippen LogP contribution in [0.25, 0.3) is 44.7 Å². The zero-order chi connectivity index (χ0) is 36.0. The first kappa shape index (κ1) is 33.9. The Kier molecular flexibility index (Phi) is 8.95. The van der Waals surface area contributed by atoms with Crippen molar-refractivity contribution in [2.24, 2.45) is 0 Å². The molecule has 52 heavy (non-hydrogen) atoms. The predicted molar refractivity (Wildman–Crippen MR) is 204 cm³/mol. The molecule has 10 heteroatoms. The van der Waals surface area contributed by atoms with Crippen LogP contribution >= 0.6 is 0 Å². The smallest absolute Gasteiger partial charge is 0.227 e.